The molecule has 0 bridgehead atoms. The third kappa shape index (κ3) is 5.55. The van der Waals surface area contributed by atoms with Crippen molar-refractivity contribution >= 4 is 65.6 Å². The molecule has 0 amide bonds. The molecule has 6 heteroatoms. The van der Waals surface area contributed by atoms with E-state index in [1.54, 1.807) is 0 Å². The van der Waals surface area contributed by atoms with Gasteiger partial charge in [-0.3, -0.25) is 0 Å². The van der Waals surface area contributed by atoms with Crippen molar-refractivity contribution in [3.8, 4) is 56.7 Å². The fourth-order valence-electron chi connectivity index (χ4n) is 9.60. The van der Waals surface area contributed by atoms with Crippen LogP contribution in [0.1, 0.15) is 0 Å². The highest BCUT2D eigenvalue weighted by molar-refractivity contribution is 6.15. The molecule has 0 N–H and O–H groups in total. The summed E-state index contributed by atoms with van der Waals surface area (Å²) in [7, 11) is 0. The Morgan fingerprint density at radius 2 is 0.825 bits per heavy atom. The Morgan fingerprint density at radius 3 is 1.57 bits per heavy atom. The summed E-state index contributed by atoms with van der Waals surface area (Å²) in [6.45, 7) is 0. The summed E-state index contributed by atoms with van der Waals surface area (Å²) in [5.41, 5.74) is 12.9. The number of nitrogens with zero attached hydrogens (tertiary/aromatic N) is 5. The molecule has 9 aromatic carbocycles. The molecule has 0 spiro atoms. The van der Waals surface area contributed by atoms with Gasteiger partial charge in [0.25, 0.3) is 0 Å². The molecule has 0 aliphatic carbocycles. The number of aromatic nitrogens is 5. The third-order valence-corrected chi connectivity index (χ3v) is 12.3. The summed E-state index contributed by atoms with van der Waals surface area (Å²) < 4.78 is 11.4. The second kappa shape index (κ2) is 14.0. The molecule has 0 atom stereocenters. The number of rotatable bonds is 6. The van der Waals surface area contributed by atoms with Crippen LogP contribution in [0.25, 0.3) is 122 Å². The lowest BCUT2D eigenvalue weighted by Crippen LogP contribution is -2.02. The monoisotopic (exact) mass is 805 g/mol. The van der Waals surface area contributed by atoms with Gasteiger partial charge >= 0.3 is 0 Å². The van der Waals surface area contributed by atoms with Gasteiger partial charge in [0.2, 0.25) is 0 Å². The average Bonchev–Trinajstić information content (AvgIpc) is 4.02. The predicted molar refractivity (Wildman–Crippen MR) is 258 cm³/mol. The number of para-hydroxylation sites is 6. The first kappa shape index (κ1) is 35.2. The van der Waals surface area contributed by atoms with E-state index in [0.29, 0.717) is 17.5 Å². The highest BCUT2D eigenvalue weighted by Gasteiger charge is 2.22. The van der Waals surface area contributed by atoms with Gasteiger partial charge in [0.15, 0.2) is 17.5 Å². The van der Waals surface area contributed by atoms with Crippen molar-refractivity contribution in [1.29, 1.82) is 0 Å². The zero-order valence-electron chi connectivity index (χ0n) is 33.9. The Morgan fingerprint density at radius 1 is 0.317 bits per heavy atom. The van der Waals surface area contributed by atoms with Gasteiger partial charge in [-0.2, -0.15) is 0 Å². The van der Waals surface area contributed by atoms with E-state index in [1.807, 2.05) is 30.3 Å². The van der Waals surface area contributed by atoms with E-state index in [1.165, 1.54) is 10.8 Å². The zero-order valence-corrected chi connectivity index (χ0v) is 33.9. The molecule has 13 aromatic rings. The van der Waals surface area contributed by atoms with E-state index in [4.69, 9.17) is 19.4 Å². The Hall–Kier alpha value is -8.61. The number of hydrogen-bond donors (Lipinski definition) is 0. The van der Waals surface area contributed by atoms with Crippen molar-refractivity contribution in [3.63, 3.8) is 0 Å². The van der Waals surface area contributed by atoms with Crippen molar-refractivity contribution in [3.05, 3.63) is 212 Å². The maximum Gasteiger partial charge on any atom is 0.164 e. The minimum absolute atomic E-state index is 0.573. The van der Waals surface area contributed by atoms with E-state index < -0.39 is 0 Å². The molecule has 63 heavy (non-hydrogen) atoms. The first-order valence-electron chi connectivity index (χ1n) is 21.2. The third-order valence-electron chi connectivity index (χ3n) is 12.3. The summed E-state index contributed by atoms with van der Waals surface area (Å²) >= 11 is 0. The molecule has 0 saturated carbocycles. The van der Waals surface area contributed by atoms with E-state index in [2.05, 4.69) is 191 Å². The molecule has 0 aliphatic heterocycles. The van der Waals surface area contributed by atoms with Crippen molar-refractivity contribution in [2.24, 2.45) is 0 Å². The minimum Gasteiger partial charge on any atom is -0.455 e. The summed E-state index contributed by atoms with van der Waals surface area (Å²) in [5, 5.41) is 6.76. The number of hydrogen-bond acceptors (Lipinski definition) is 4. The van der Waals surface area contributed by atoms with E-state index in [0.717, 1.165) is 94.0 Å². The van der Waals surface area contributed by atoms with Crippen LogP contribution < -0.4 is 0 Å². The predicted octanol–water partition coefficient (Wildman–Crippen LogP) is 14.6. The lowest BCUT2D eigenvalue weighted by atomic mass is 9.99. The van der Waals surface area contributed by atoms with Crippen molar-refractivity contribution < 1.29 is 4.42 Å². The van der Waals surface area contributed by atoms with Gasteiger partial charge in [-0.05, 0) is 66.2 Å². The quantitative estimate of drug-likeness (QED) is 0.168. The van der Waals surface area contributed by atoms with Crippen molar-refractivity contribution in [2.45, 2.75) is 0 Å². The second-order valence-electron chi connectivity index (χ2n) is 16.0. The lowest BCUT2D eigenvalue weighted by Gasteiger charge is -2.15. The molecule has 6 nitrogen and oxygen atoms in total. The van der Waals surface area contributed by atoms with Gasteiger partial charge in [0.05, 0.1) is 22.1 Å². The zero-order chi connectivity index (χ0) is 41.4. The highest BCUT2D eigenvalue weighted by atomic mass is 16.3. The molecule has 13 rings (SSSR count). The molecule has 0 aliphatic rings. The molecule has 0 radical (unpaired) electrons. The molecule has 4 heterocycles. The number of furan rings is 1. The van der Waals surface area contributed by atoms with Crippen LogP contribution in [0.15, 0.2) is 217 Å². The van der Waals surface area contributed by atoms with E-state index >= 15 is 0 Å². The largest absolute Gasteiger partial charge is 0.455 e. The van der Waals surface area contributed by atoms with Crippen LogP contribution in [0.3, 0.4) is 0 Å². The van der Waals surface area contributed by atoms with Gasteiger partial charge in [0.1, 0.15) is 11.2 Å². The Kier molecular flexibility index (Phi) is 7.80. The van der Waals surface area contributed by atoms with E-state index in [9.17, 15) is 0 Å². The molecule has 0 fully saturated rings. The fraction of sp³-hybridized carbons (Fsp3) is 0. The molecular weight excluding hydrogens is 771 g/mol. The average molecular weight is 806 g/mol. The van der Waals surface area contributed by atoms with Crippen LogP contribution in [0.5, 0.6) is 0 Å². The smallest absolute Gasteiger partial charge is 0.164 e. The standard InChI is InChI=1S/C57H35N5O/c1-3-17-36(18-4-1)55-58-56(60-57(59-55)47-27-16-31-51-53(47)46-24-9-13-30-50(46)61(51)39-19-5-2-6-20-39)38-33-37(41-25-15-26-45-44-23-10-14-32-52(44)63-54(41)45)34-40(35-38)62-48-28-11-7-21-42(48)43-22-8-12-29-49(43)62/h1-35H. The maximum atomic E-state index is 6.67. The highest BCUT2D eigenvalue weighted by Crippen LogP contribution is 2.42. The molecule has 294 valence electrons. The molecule has 0 unspecified atom stereocenters. The second-order valence-corrected chi connectivity index (χ2v) is 16.0. The Balaban J connectivity index is 1.11. The van der Waals surface area contributed by atoms with Gasteiger partial charge < -0.3 is 13.6 Å². The topological polar surface area (TPSA) is 61.7 Å². The summed E-state index contributed by atoms with van der Waals surface area (Å²) in [6.07, 6.45) is 0. The lowest BCUT2D eigenvalue weighted by molar-refractivity contribution is 0.670. The van der Waals surface area contributed by atoms with Crippen LogP contribution in [-0.2, 0) is 0 Å². The van der Waals surface area contributed by atoms with Crippen molar-refractivity contribution in [1.82, 2.24) is 24.1 Å². The van der Waals surface area contributed by atoms with Crippen LogP contribution >= 0.6 is 0 Å². The Labute approximate surface area is 361 Å². The van der Waals surface area contributed by atoms with E-state index in [-0.39, 0.29) is 0 Å². The molecular formula is C57H35N5O. The van der Waals surface area contributed by atoms with Gasteiger partial charge in [-0.15, -0.1) is 0 Å². The van der Waals surface area contributed by atoms with Gasteiger partial charge in [-0.1, -0.05) is 152 Å². The van der Waals surface area contributed by atoms with Crippen LogP contribution in [0.4, 0.5) is 0 Å². The number of fused-ring (bicyclic) bond motifs is 9. The van der Waals surface area contributed by atoms with Gasteiger partial charge in [-0.25, -0.2) is 15.0 Å². The Bertz CT molecular complexity index is 3860. The summed E-state index contributed by atoms with van der Waals surface area (Å²) in [5.74, 6) is 1.77. The van der Waals surface area contributed by atoms with Crippen LogP contribution in [0.2, 0.25) is 0 Å². The van der Waals surface area contributed by atoms with Gasteiger partial charge in [0, 0.05) is 65.9 Å². The molecule has 0 saturated heterocycles. The summed E-state index contributed by atoms with van der Waals surface area (Å²) in [4.78, 5) is 16.1. The molecule has 4 aromatic heterocycles. The maximum absolute atomic E-state index is 6.67. The summed E-state index contributed by atoms with van der Waals surface area (Å²) in [6, 6.07) is 74.3. The van der Waals surface area contributed by atoms with Crippen LogP contribution in [-0.4, -0.2) is 24.1 Å². The fourth-order valence-corrected chi connectivity index (χ4v) is 9.60. The first-order chi connectivity index (χ1) is 31.2. The van der Waals surface area contributed by atoms with Crippen molar-refractivity contribution in [2.75, 3.05) is 0 Å². The first-order valence-corrected chi connectivity index (χ1v) is 21.2. The SMILES string of the molecule is c1ccc(-c2nc(-c3cc(-c4cccc5c4oc4ccccc45)cc(-n4c5ccccc5c5ccccc54)c3)nc(-c3cccc4c3c3ccccc3n4-c3ccccc3)n2)cc1. The van der Waals surface area contributed by atoms with Crippen LogP contribution in [0, 0.1) is 0 Å². The number of benzene rings is 9. The normalized spacial score (nSPS) is 11.8. The minimum atomic E-state index is 0.573.